The highest BCUT2D eigenvalue weighted by Gasteiger charge is 2.12. The molecule has 0 bridgehead atoms. The lowest BCUT2D eigenvalue weighted by atomic mass is 9.96. The van der Waals surface area contributed by atoms with Gasteiger partial charge < -0.3 is 5.32 Å². The number of aryl methyl sites for hydroxylation is 1. The largest absolute Gasteiger partial charge is 0.313 e. The van der Waals surface area contributed by atoms with E-state index >= 15 is 0 Å². The van der Waals surface area contributed by atoms with Crippen LogP contribution < -0.4 is 5.32 Å². The van der Waals surface area contributed by atoms with Crippen LogP contribution in [0.4, 0.5) is 0 Å². The van der Waals surface area contributed by atoms with Crippen molar-refractivity contribution in [1.82, 2.24) is 10.3 Å². The maximum absolute atomic E-state index is 4.17. The Morgan fingerprint density at radius 2 is 2.17 bits per heavy atom. The SMILES string of the molecule is CNC(Cc1cccnc1)c1ccc(Br)cc1C. The molecule has 0 aliphatic carbocycles. The van der Waals surface area contributed by atoms with Gasteiger partial charge in [-0.2, -0.15) is 0 Å². The number of halogens is 1. The number of hydrogen-bond donors (Lipinski definition) is 1. The number of likely N-dealkylation sites (N-methyl/N-ethyl adjacent to an activating group) is 1. The highest BCUT2D eigenvalue weighted by atomic mass is 79.9. The van der Waals surface area contributed by atoms with Gasteiger partial charge in [-0.05, 0) is 55.3 Å². The van der Waals surface area contributed by atoms with E-state index in [9.17, 15) is 0 Å². The molecule has 94 valence electrons. The zero-order valence-corrected chi connectivity index (χ0v) is 12.2. The summed E-state index contributed by atoms with van der Waals surface area (Å²) in [5.41, 5.74) is 3.89. The Hall–Kier alpha value is -1.19. The van der Waals surface area contributed by atoms with Crippen molar-refractivity contribution in [2.75, 3.05) is 7.05 Å². The Labute approximate surface area is 117 Å². The lowest BCUT2D eigenvalue weighted by Gasteiger charge is -2.19. The Bertz CT molecular complexity index is 511. The number of nitrogens with zero attached hydrogens (tertiary/aromatic N) is 1. The van der Waals surface area contributed by atoms with E-state index in [-0.39, 0.29) is 0 Å². The molecule has 1 aromatic carbocycles. The van der Waals surface area contributed by atoms with Crippen molar-refractivity contribution in [3.63, 3.8) is 0 Å². The van der Waals surface area contributed by atoms with E-state index in [1.54, 1.807) is 0 Å². The van der Waals surface area contributed by atoms with E-state index in [0.717, 1.165) is 10.9 Å². The quantitative estimate of drug-likeness (QED) is 0.932. The van der Waals surface area contributed by atoms with E-state index in [1.807, 2.05) is 25.5 Å². The van der Waals surface area contributed by atoms with Crippen LogP contribution in [-0.4, -0.2) is 12.0 Å². The molecule has 0 spiro atoms. The molecule has 3 heteroatoms. The summed E-state index contributed by atoms with van der Waals surface area (Å²) >= 11 is 3.50. The van der Waals surface area contributed by atoms with Gasteiger partial charge in [-0.3, -0.25) is 4.98 Å². The molecule has 0 aliphatic heterocycles. The third kappa shape index (κ3) is 3.18. The van der Waals surface area contributed by atoms with Crippen LogP contribution in [0.5, 0.6) is 0 Å². The average Bonchev–Trinajstić information content (AvgIpc) is 2.38. The molecular weight excluding hydrogens is 288 g/mol. The molecule has 0 fully saturated rings. The fourth-order valence-corrected chi connectivity index (χ4v) is 2.63. The molecule has 1 aromatic heterocycles. The second-order valence-corrected chi connectivity index (χ2v) is 5.32. The van der Waals surface area contributed by atoms with Crippen molar-refractivity contribution in [3.8, 4) is 0 Å². The van der Waals surface area contributed by atoms with E-state index in [1.165, 1.54) is 16.7 Å². The Morgan fingerprint density at radius 1 is 1.33 bits per heavy atom. The fraction of sp³-hybridized carbons (Fsp3) is 0.267. The van der Waals surface area contributed by atoms with E-state index in [4.69, 9.17) is 0 Å². The smallest absolute Gasteiger partial charge is 0.0361 e. The van der Waals surface area contributed by atoms with Crippen LogP contribution in [0.3, 0.4) is 0 Å². The van der Waals surface area contributed by atoms with Crippen LogP contribution in [-0.2, 0) is 6.42 Å². The molecule has 2 aromatic rings. The number of pyridine rings is 1. The molecule has 0 amide bonds. The summed E-state index contributed by atoms with van der Waals surface area (Å²) in [6.45, 7) is 2.15. The molecule has 1 heterocycles. The molecule has 18 heavy (non-hydrogen) atoms. The Morgan fingerprint density at radius 3 is 2.78 bits per heavy atom. The van der Waals surface area contributed by atoms with Crippen molar-refractivity contribution in [2.24, 2.45) is 0 Å². The minimum Gasteiger partial charge on any atom is -0.313 e. The number of hydrogen-bond acceptors (Lipinski definition) is 2. The Kier molecular flexibility index (Phi) is 4.50. The maximum Gasteiger partial charge on any atom is 0.0361 e. The molecule has 1 unspecified atom stereocenters. The highest BCUT2D eigenvalue weighted by molar-refractivity contribution is 9.10. The molecule has 2 nitrogen and oxygen atoms in total. The van der Waals surface area contributed by atoms with Gasteiger partial charge in [0.15, 0.2) is 0 Å². The van der Waals surface area contributed by atoms with Crippen LogP contribution in [0.2, 0.25) is 0 Å². The van der Waals surface area contributed by atoms with Gasteiger partial charge in [0.05, 0.1) is 0 Å². The minimum atomic E-state index is 0.322. The first-order chi connectivity index (χ1) is 8.70. The van der Waals surface area contributed by atoms with Gasteiger partial charge in [0, 0.05) is 22.9 Å². The molecule has 1 N–H and O–H groups in total. The summed E-state index contributed by atoms with van der Waals surface area (Å²) in [6, 6.07) is 10.8. The summed E-state index contributed by atoms with van der Waals surface area (Å²) in [5, 5.41) is 3.38. The van der Waals surface area contributed by atoms with Gasteiger partial charge in [-0.15, -0.1) is 0 Å². The van der Waals surface area contributed by atoms with Crippen molar-refractivity contribution in [1.29, 1.82) is 0 Å². The van der Waals surface area contributed by atoms with E-state index in [0.29, 0.717) is 6.04 Å². The number of benzene rings is 1. The number of aromatic nitrogens is 1. The van der Waals surface area contributed by atoms with Gasteiger partial charge in [0.25, 0.3) is 0 Å². The zero-order valence-electron chi connectivity index (χ0n) is 10.7. The first kappa shape index (κ1) is 13.2. The van der Waals surface area contributed by atoms with Crippen molar-refractivity contribution >= 4 is 15.9 Å². The van der Waals surface area contributed by atoms with Crippen LogP contribution in [0.25, 0.3) is 0 Å². The second kappa shape index (κ2) is 6.12. The predicted octanol–water partition coefficient (Wildman–Crippen LogP) is 3.66. The molecule has 0 saturated carbocycles. The summed E-state index contributed by atoms with van der Waals surface area (Å²) < 4.78 is 1.12. The highest BCUT2D eigenvalue weighted by Crippen LogP contribution is 2.24. The normalized spacial score (nSPS) is 12.4. The van der Waals surface area contributed by atoms with Gasteiger partial charge in [0.2, 0.25) is 0 Å². The van der Waals surface area contributed by atoms with Crippen molar-refractivity contribution in [3.05, 3.63) is 63.9 Å². The van der Waals surface area contributed by atoms with E-state index in [2.05, 4.69) is 57.4 Å². The van der Waals surface area contributed by atoms with E-state index < -0.39 is 0 Å². The molecule has 0 saturated heterocycles. The van der Waals surface area contributed by atoms with Crippen LogP contribution in [0, 0.1) is 6.92 Å². The fourth-order valence-electron chi connectivity index (χ4n) is 2.15. The number of rotatable bonds is 4. The van der Waals surface area contributed by atoms with Crippen molar-refractivity contribution in [2.45, 2.75) is 19.4 Å². The van der Waals surface area contributed by atoms with Crippen LogP contribution in [0.15, 0.2) is 47.2 Å². The Balaban J connectivity index is 2.23. The molecule has 0 aliphatic rings. The first-order valence-electron chi connectivity index (χ1n) is 6.03. The monoisotopic (exact) mass is 304 g/mol. The predicted molar refractivity (Wildman–Crippen MR) is 78.6 cm³/mol. The minimum absolute atomic E-state index is 0.322. The zero-order chi connectivity index (χ0) is 13.0. The van der Waals surface area contributed by atoms with Gasteiger partial charge in [0.1, 0.15) is 0 Å². The van der Waals surface area contributed by atoms with Crippen molar-refractivity contribution < 1.29 is 0 Å². The summed E-state index contributed by atoms with van der Waals surface area (Å²) in [5.74, 6) is 0. The van der Waals surface area contributed by atoms with Gasteiger partial charge in [-0.1, -0.05) is 28.1 Å². The molecular formula is C15H17BrN2. The van der Waals surface area contributed by atoms with Crippen LogP contribution >= 0.6 is 15.9 Å². The lowest BCUT2D eigenvalue weighted by molar-refractivity contribution is 0.588. The maximum atomic E-state index is 4.17. The first-order valence-corrected chi connectivity index (χ1v) is 6.82. The topological polar surface area (TPSA) is 24.9 Å². The molecule has 1 atom stereocenters. The lowest BCUT2D eigenvalue weighted by Crippen LogP contribution is -2.19. The summed E-state index contributed by atoms with van der Waals surface area (Å²) in [7, 11) is 2.00. The molecule has 0 radical (unpaired) electrons. The summed E-state index contributed by atoms with van der Waals surface area (Å²) in [6.07, 6.45) is 4.69. The standard InChI is InChI=1S/C15H17BrN2/c1-11-8-13(16)5-6-14(11)15(17-2)9-12-4-3-7-18-10-12/h3-8,10,15,17H,9H2,1-2H3. The van der Waals surface area contributed by atoms with Gasteiger partial charge in [-0.25, -0.2) is 0 Å². The average molecular weight is 305 g/mol. The second-order valence-electron chi connectivity index (χ2n) is 4.41. The third-order valence-corrected chi connectivity index (χ3v) is 3.61. The number of nitrogens with one attached hydrogen (secondary N) is 1. The summed E-state index contributed by atoms with van der Waals surface area (Å²) in [4.78, 5) is 4.17. The van der Waals surface area contributed by atoms with Gasteiger partial charge >= 0.3 is 0 Å². The third-order valence-electron chi connectivity index (χ3n) is 3.12. The molecule has 2 rings (SSSR count). The van der Waals surface area contributed by atoms with Crippen LogP contribution in [0.1, 0.15) is 22.7 Å².